The molecule has 1 aromatic carbocycles. The summed E-state index contributed by atoms with van der Waals surface area (Å²) in [4.78, 5) is 21.2. The summed E-state index contributed by atoms with van der Waals surface area (Å²) in [5.41, 5.74) is 1.10. The number of para-hydroxylation sites is 1. The fourth-order valence-corrected chi connectivity index (χ4v) is 4.15. The van der Waals surface area contributed by atoms with Crippen LogP contribution in [0.3, 0.4) is 0 Å². The number of fused-ring (bicyclic) bond motifs is 1. The predicted octanol–water partition coefficient (Wildman–Crippen LogP) is 3.34. The number of likely N-dealkylation sites (tertiary alicyclic amines) is 1. The number of rotatable bonds is 4. The van der Waals surface area contributed by atoms with Crippen LogP contribution in [0.5, 0.6) is 0 Å². The summed E-state index contributed by atoms with van der Waals surface area (Å²) in [6, 6.07) is 8.58. The zero-order valence-corrected chi connectivity index (χ0v) is 15.0. The van der Waals surface area contributed by atoms with Crippen molar-refractivity contribution in [2.24, 2.45) is 0 Å². The minimum atomic E-state index is 0.213. The molecule has 124 valence electrons. The Bertz CT molecular complexity index is 649. The van der Waals surface area contributed by atoms with Gasteiger partial charge in [0.25, 0.3) is 0 Å². The van der Waals surface area contributed by atoms with Crippen LogP contribution in [-0.4, -0.2) is 53.4 Å². The lowest BCUT2D eigenvalue weighted by atomic mass is 9.98. The van der Waals surface area contributed by atoms with Crippen molar-refractivity contribution >= 4 is 27.5 Å². The lowest BCUT2D eigenvalue weighted by molar-refractivity contribution is -0.132. The molecule has 0 N–H and O–H groups in total. The molecule has 1 saturated heterocycles. The molecule has 5 heteroatoms. The van der Waals surface area contributed by atoms with Gasteiger partial charge in [-0.2, -0.15) is 0 Å². The molecular formula is C18H25N3OS. The van der Waals surface area contributed by atoms with E-state index in [1.165, 1.54) is 16.1 Å². The average Bonchev–Trinajstić information content (AvgIpc) is 2.98. The number of amides is 1. The van der Waals surface area contributed by atoms with Gasteiger partial charge >= 0.3 is 0 Å². The molecule has 1 fully saturated rings. The van der Waals surface area contributed by atoms with Crippen LogP contribution in [0.4, 0.5) is 0 Å². The van der Waals surface area contributed by atoms with Crippen LogP contribution in [-0.2, 0) is 4.79 Å². The van der Waals surface area contributed by atoms with Crippen molar-refractivity contribution in [3.05, 3.63) is 29.3 Å². The van der Waals surface area contributed by atoms with Crippen molar-refractivity contribution in [3.63, 3.8) is 0 Å². The molecule has 0 saturated carbocycles. The Morgan fingerprint density at radius 1 is 1.43 bits per heavy atom. The third-order valence-corrected chi connectivity index (χ3v) is 5.89. The lowest BCUT2D eigenvalue weighted by Gasteiger charge is -2.33. The van der Waals surface area contributed by atoms with Crippen LogP contribution in [0.25, 0.3) is 10.2 Å². The molecule has 2 heterocycles. The third kappa shape index (κ3) is 3.72. The SMILES string of the molecule is CC(C)N(C)C(=O)CN1CCC[C@@H](c2nc3ccccc3s2)C1. The number of likely N-dealkylation sites (N-methyl/N-ethyl adjacent to an activating group) is 1. The Balaban J connectivity index is 1.67. The Morgan fingerprint density at radius 2 is 2.22 bits per heavy atom. The highest BCUT2D eigenvalue weighted by molar-refractivity contribution is 7.18. The van der Waals surface area contributed by atoms with Gasteiger partial charge in [0.05, 0.1) is 21.8 Å². The molecule has 0 bridgehead atoms. The summed E-state index contributed by atoms with van der Waals surface area (Å²) in [6.07, 6.45) is 2.31. The van der Waals surface area contributed by atoms with E-state index in [2.05, 4.69) is 36.9 Å². The maximum absolute atomic E-state index is 12.3. The van der Waals surface area contributed by atoms with E-state index in [1.54, 1.807) is 11.3 Å². The monoisotopic (exact) mass is 331 g/mol. The minimum Gasteiger partial charge on any atom is -0.342 e. The number of carbonyl (C=O) groups excluding carboxylic acids is 1. The van der Waals surface area contributed by atoms with E-state index in [0.29, 0.717) is 12.5 Å². The van der Waals surface area contributed by atoms with Gasteiger partial charge in [-0.05, 0) is 45.4 Å². The van der Waals surface area contributed by atoms with Crippen molar-refractivity contribution < 1.29 is 4.79 Å². The molecule has 3 rings (SSSR count). The van der Waals surface area contributed by atoms with Crippen molar-refractivity contribution in [3.8, 4) is 0 Å². The molecule has 1 aliphatic heterocycles. The van der Waals surface area contributed by atoms with Crippen LogP contribution in [0.2, 0.25) is 0 Å². The van der Waals surface area contributed by atoms with E-state index in [9.17, 15) is 4.79 Å². The second kappa shape index (κ2) is 6.97. The van der Waals surface area contributed by atoms with E-state index in [1.807, 2.05) is 18.0 Å². The summed E-state index contributed by atoms with van der Waals surface area (Å²) in [7, 11) is 1.89. The van der Waals surface area contributed by atoms with Gasteiger partial charge in [-0.1, -0.05) is 12.1 Å². The summed E-state index contributed by atoms with van der Waals surface area (Å²) in [5, 5.41) is 1.22. The summed E-state index contributed by atoms with van der Waals surface area (Å²) in [5.74, 6) is 0.670. The maximum Gasteiger partial charge on any atom is 0.236 e. The average molecular weight is 331 g/mol. The van der Waals surface area contributed by atoms with Crippen LogP contribution in [0, 0.1) is 0 Å². The number of nitrogens with zero attached hydrogens (tertiary/aromatic N) is 3. The van der Waals surface area contributed by atoms with Gasteiger partial charge in [-0.15, -0.1) is 11.3 Å². The topological polar surface area (TPSA) is 36.4 Å². The second-order valence-electron chi connectivity index (χ2n) is 6.69. The maximum atomic E-state index is 12.3. The first-order chi connectivity index (χ1) is 11.0. The highest BCUT2D eigenvalue weighted by atomic mass is 32.1. The highest BCUT2D eigenvalue weighted by Crippen LogP contribution is 2.32. The van der Waals surface area contributed by atoms with Crippen LogP contribution < -0.4 is 0 Å². The van der Waals surface area contributed by atoms with Gasteiger partial charge in [0.15, 0.2) is 0 Å². The first-order valence-corrected chi connectivity index (χ1v) is 9.19. The van der Waals surface area contributed by atoms with Crippen molar-refractivity contribution in [1.29, 1.82) is 0 Å². The van der Waals surface area contributed by atoms with E-state index in [4.69, 9.17) is 4.98 Å². The third-order valence-electron chi connectivity index (χ3n) is 4.69. The van der Waals surface area contributed by atoms with E-state index < -0.39 is 0 Å². The molecule has 23 heavy (non-hydrogen) atoms. The molecule has 1 atom stereocenters. The Kier molecular flexibility index (Phi) is 4.97. The molecule has 0 radical (unpaired) electrons. The molecule has 4 nitrogen and oxygen atoms in total. The normalized spacial score (nSPS) is 19.4. The summed E-state index contributed by atoms with van der Waals surface area (Å²) >= 11 is 1.80. The summed E-state index contributed by atoms with van der Waals surface area (Å²) in [6.45, 7) is 6.59. The molecule has 1 aliphatic rings. The number of carbonyl (C=O) groups is 1. The first-order valence-electron chi connectivity index (χ1n) is 8.38. The van der Waals surface area contributed by atoms with Gasteiger partial charge in [0, 0.05) is 25.6 Å². The number of benzene rings is 1. The van der Waals surface area contributed by atoms with Gasteiger partial charge in [-0.25, -0.2) is 4.98 Å². The Hall–Kier alpha value is -1.46. The fourth-order valence-electron chi connectivity index (χ4n) is 3.06. The number of hydrogen-bond acceptors (Lipinski definition) is 4. The van der Waals surface area contributed by atoms with Crippen LogP contribution in [0.15, 0.2) is 24.3 Å². The molecule has 1 amide bonds. The second-order valence-corrected chi connectivity index (χ2v) is 7.75. The van der Waals surface area contributed by atoms with Gasteiger partial charge < -0.3 is 4.90 Å². The van der Waals surface area contributed by atoms with Crippen molar-refractivity contribution in [1.82, 2.24) is 14.8 Å². The van der Waals surface area contributed by atoms with E-state index in [0.717, 1.165) is 25.0 Å². The molecule has 0 aliphatic carbocycles. The van der Waals surface area contributed by atoms with Gasteiger partial charge in [0.2, 0.25) is 5.91 Å². The standard InChI is InChI=1S/C18H25N3OS/c1-13(2)20(3)17(22)12-21-10-6-7-14(11-21)18-19-15-8-4-5-9-16(15)23-18/h4-5,8-9,13-14H,6-7,10-12H2,1-3H3/t14-/m1/s1. The van der Waals surface area contributed by atoms with Gasteiger partial charge in [0.1, 0.15) is 0 Å². The first kappa shape index (κ1) is 16.4. The minimum absolute atomic E-state index is 0.213. The Labute approximate surface area is 142 Å². The van der Waals surface area contributed by atoms with Gasteiger partial charge in [-0.3, -0.25) is 9.69 Å². The lowest BCUT2D eigenvalue weighted by Crippen LogP contribution is -2.44. The van der Waals surface area contributed by atoms with Crippen molar-refractivity contribution in [2.45, 2.75) is 38.6 Å². The van der Waals surface area contributed by atoms with Crippen LogP contribution >= 0.6 is 11.3 Å². The summed E-state index contributed by atoms with van der Waals surface area (Å²) < 4.78 is 1.26. The largest absolute Gasteiger partial charge is 0.342 e. The Morgan fingerprint density at radius 3 is 2.96 bits per heavy atom. The molecular weight excluding hydrogens is 306 g/mol. The predicted molar refractivity (Wildman–Crippen MR) is 95.9 cm³/mol. The van der Waals surface area contributed by atoms with E-state index >= 15 is 0 Å². The molecule has 0 unspecified atom stereocenters. The fraction of sp³-hybridized carbons (Fsp3) is 0.556. The number of aromatic nitrogens is 1. The van der Waals surface area contributed by atoms with E-state index in [-0.39, 0.29) is 11.9 Å². The zero-order valence-electron chi connectivity index (χ0n) is 14.2. The smallest absolute Gasteiger partial charge is 0.236 e. The quantitative estimate of drug-likeness (QED) is 0.862. The number of hydrogen-bond donors (Lipinski definition) is 0. The number of piperidine rings is 1. The molecule has 2 aromatic rings. The molecule has 1 aromatic heterocycles. The number of thiazole rings is 1. The molecule has 0 spiro atoms. The highest BCUT2D eigenvalue weighted by Gasteiger charge is 2.26. The van der Waals surface area contributed by atoms with Crippen LogP contribution in [0.1, 0.15) is 37.6 Å². The van der Waals surface area contributed by atoms with Crippen molar-refractivity contribution in [2.75, 3.05) is 26.7 Å². The zero-order chi connectivity index (χ0) is 16.4.